The highest BCUT2D eigenvalue weighted by Crippen LogP contribution is 2.26. The van der Waals surface area contributed by atoms with Crippen molar-refractivity contribution >= 4 is 41.0 Å². The molecule has 6 nitrogen and oxygen atoms in total. The molecule has 0 N–H and O–H groups in total. The first-order valence-electron chi connectivity index (χ1n) is 9.42. The highest BCUT2D eigenvalue weighted by atomic mass is 35.5. The van der Waals surface area contributed by atoms with Gasteiger partial charge in [-0.25, -0.2) is 4.68 Å². The van der Waals surface area contributed by atoms with Crippen molar-refractivity contribution < 1.29 is 14.3 Å². The number of likely N-dealkylation sites (N-methyl/N-ethyl adjacent to an activating group) is 1. The van der Waals surface area contributed by atoms with E-state index in [9.17, 15) is 9.59 Å². The van der Waals surface area contributed by atoms with Crippen LogP contribution in [0.3, 0.4) is 0 Å². The number of carbonyl (C=O) groups is 2. The van der Waals surface area contributed by atoms with Crippen LogP contribution in [0.15, 0.2) is 54.6 Å². The fourth-order valence-corrected chi connectivity index (χ4v) is 3.27. The van der Waals surface area contributed by atoms with Crippen LogP contribution < -0.4 is 4.74 Å². The molecule has 0 aliphatic rings. The van der Waals surface area contributed by atoms with Crippen LogP contribution in [0.4, 0.5) is 0 Å². The topological polar surface area (TPSA) is 64.4 Å². The molecule has 31 heavy (non-hydrogen) atoms. The molecule has 1 heterocycles. The van der Waals surface area contributed by atoms with Gasteiger partial charge in [-0.2, -0.15) is 5.10 Å². The Kier molecular flexibility index (Phi) is 7.15. The number of benzene rings is 2. The monoisotopic (exact) mass is 457 g/mol. The van der Waals surface area contributed by atoms with E-state index in [2.05, 4.69) is 5.10 Å². The van der Waals surface area contributed by atoms with Crippen LogP contribution in [0.5, 0.6) is 5.75 Å². The summed E-state index contributed by atoms with van der Waals surface area (Å²) in [7, 11) is 3.30. The Balaban J connectivity index is 1.77. The van der Waals surface area contributed by atoms with E-state index in [1.165, 1.54) is 11.0 Å². The number of allylic oxidation sites excluding steroid dienone is 1. The summed E-state index contributed by atoms with van der Waals surface area (Å²) in [5, 5.41) is 5.40. The summed E-state index contributed by atoms with van der Waals surface area (Å²) in [6.45, 7) is 1.71. The van der Waals surface area contributed by atoms with Gasteiger partial charge in [-0.05, 0) is 49.4 Å². The molecule has 0 unspecified atom stereocenters. The summed E-state index contributed by atoms with van der Waals surface area (Å²) in [6, 6.07) is 13.8. The summed E-state index contributed by atoms with van der Waals surface area (Å²) < 4.78 is 7.04. The second-order valence-corrected chi connectivity index (χ2v) is 7.78. The predicted molar refractivity (Wildman–Crippen MR) is 122 cm³/mol. The lowest BCUT2D eigenvalue weighted by Gasteiger charge is -2.11. The van der Waals surface area contributed by atoms with Gasteiger partial charge in [0, 0.05) is 30.2 Å². The molecule has 0 saturated carbocycles. The molecule has 0 bridgehead atoms. The number of aryl methyl sites for hydroxylation is 1. The Morgan fingerprint density at radius 2 is 1.87 bits per heavy atom. The van der Waals surface area contributed by atoms with E-state index < -0.39 is 0 Å². The van der Waals surface area contributed by atoms with Gasteiger partial charge in [-0.15, -0.1) is 0 Å². The Morgan fingerprint density at radius 1 is 1.13 bits per heavy atom. The Labute approximate surface area is 190 Å². The molecule has 160 valence electrons. The smallest absolute Gasteiger partial charge is 0.259 e. The van der Waals surface area contributed by atoms with Gasteiger partial charge in [-0.3, -0.25) is 9.59 Å². The molecule has 1 aromatic heterocycles. The zero-order valence-electron chi connectivity index (χ0n) is 17.3. The zero-order valence-corrected chi connectivity index (χ0v) is 18.8. The Hall–Kier alpha value is -3.09. The molecular weight excluding hydrogens is 437 g/mol. The first-order chi connectivity index (χ1) is 14.8. The zero-order chi connectivity index (χ0) is 22.5. The third kappa shape index (κ3) is 5.54. The van der Waals surface area contributed by atoms with E-state index in [1.807, 2.05) is 19.1 Å². The summed E-state index contributed by atoms with van der Waals surface area (Å²) in [5.41, 5.74) is 2.47. The van der Waals surface area contributed by atoms with Crippen molar-refractivity contribution in [3.8, 4) is 11.4 Å². The summed E-state index contributed by atoms with van der Waals surface area (Å²) in [4.78, 5) is 25.8. The third-order valence-electron chi connectivity index (χ3n) is 4.48. The van der Waals surface area contributed by atoms with Crippen LogP contribution in [0.1, 0.15) is 21.6 Å². The molecule has 0 radical (unpaired) electrons. The summed E-state index contributed by atoms with van der Waals surface area (Å²) >= 11 is 12.6. The number of rotatable bonds is 7. The molecule has 0 saturated heterocycles. The van der Waals surface area contributed by atoms with Crippen molar-refractivity contribution in [3.63, 3.8) is 0 Å². The van der Waals surface area contributed by atoms with Gasteiger partial charge in [0.15, 0.2) is 12.4 Å². The first-order valence-corrected chi connectivity index (χ1v) is 10.2. The maximum atomic E-state index is 12.7. The van der Waals surface area contributed by atoms with Crippen molar-refractivity contribution in [2.75, 3.05) is 20.7 Å². The minimum atomic E-state index is -0.227. The molecule has 0 atom stereocenters. The number of carbonyl (C=O) groups excluding carboxylic acids is 2. The van der Waals surface area contributed by atoms with Crippen molar-refractivity contribution in [3.05, 3.63) is 81.6 Å². The Bertz CT molecular complexity index is 1150. The van der Waals surface area contributed by atoms with Crippen LogP contribution in [0, 0.1) is 6.92 Å². The number of aromatic nitrogens is 2. The van der Waals surface area contributed by atoms with Crippen LogP contribution in [0.2, 0.25) is 10.2 Å². The van der Waals surface area contributed by atoms with Crippen molar-refractivity contribution in [1.82, 2.24) is 14.7 Å². The second-order valence-electron chi connectivity index (χ2n) is 6.98. The van der Waals surface area contributed by atoms with E-state index in [-0.39, 0.29) is 18.3 Å². The lowest BCUT2D eigenvalue weighted by atomic mass is 10.1. The molecule has 0 aliphatic heterocycles. The van der Waals surface area contributed by atoms with Gasteiger partial charge in [0.05, 0.1) is 11.4 Å². The van der Waals surface area contributed by atoms with E-state index >= 15 is 0 Å². The Morgan fingerprint density at radius 3 is 2.58 bits per heavy atom. The minimum absolute atomic E-state index is 0.0992. The number of ether oxygens (including phenoxy) is 1. The third-order valence-corrected chi connectivity index (χ3v) is 5.08. The largest absolute Gasteiger partial charge is 0.484 e. The lowest BCUT2D eigenvalue weighted by Crippen LogP contribution is -2.27. The van der Waals surface area contributed by atoms with Gasteiger partial charge in [-0.1, -0.05) is 41.4 Å². The number of amides is 1. The van der Waals surface area contributed by atoms with Crippen LogP contribution in [-0.2, 0) is 4.79 Å². The SMILES string of the molecule is Cc1nn(-c2cccc(Cl)c2)c(Cl)c1/C=C/C(=O)c1cccc(OCC(=O)N(C)C)c1. The predicted octanol–water partition coefficient (Wildman–Crippen LogP) is 4.85. The first kappa shape index (κ1) is 22.6. The average molecular weight is 458 g/mol. The van der Waals surface area contributed by atoms with Gasteiger partial charge in [0.1, 0.15) is 10.9 Å². The molecule has 0 spiro atoms. The maximum Gasteiger partial charge on any atom is 0.259 e. The molecule has 8 heteroatoms. The fraction of sp³-hybridized carbons (Fsp3) is 0.174. The molecule has 3 aromatic rings. The lowest BCUT2D eigenvalue weighted by molar-refractivity contribution is -0.130. The molecule has 0 fully saturated rings. The van der Waals surface area contributed by atoms with Crippen LogP contribution in [-0.4, -0.2) is 47.1 Å². The number of ketones is 1. The molecule has 3 rings (SSSR count). The standard InChI is InChI=1S/C23H21Cl2N3O3/c1-15-20(23(25)28(26-15)18-8-5-7-17(24)13-18)10-11-21(29)16-6-4-9-19(12-16)31-14-22(30)27(2)3/h4-13H,14H2,1-3H3/b11-10+. The van der Waals surface area contributed by atoms with Crippen molar-refractivity contribution in [1.29, 1.82) is 0 Å². The normalized spacial score (nSPS) is 11.0. The van der Waals surface area contributed by atoms with Crippen molar-refractivity contribution in [2.45, 2.75) is 6.92 Å². The van der Waals surface area contributed by atoms with Crippen LogP contribution in [0.25, 0.3) is 11.8 Å². The quantitative estimate of drug-likeness (QED) is 0.375. The van der Waals surface area contributed by atoms with E-state index in [0.717, 1.165) is 5.69 Å². The fourth-order valence-electron chi connectivity index (χ4n) is 2.75. The van der Waals surface area contributed by atoms with Gasteiger partial charge >= 0.3 is 0 Å². The van der Waals surface area contributed by atoms with Crippen molar-refractivity contribution in [2.24, 2.45) is 0 Å². The number of hydrogen-bond donors (Lipinski definition) is 0. The maximum absolute atomic E-state index is 12.7. The molecular formula is C23H21Cl2N3O3. The number of halogens is 2. The van der Waals surface area contributed by atoms with E-state index in [4.69, 9.17) is 27.9 Å². The number of nitrogens with zero attached hydrogens (tertiary/aromatic N) is 3. The highest BCUT2D eigenvalue weighted by Gasteiger charge is 2.14. The number of hydrogen-bond acceptors (Lipinski definition) is 4. The summed E-state index contributed by atoms with van der Waals surface area (Å²) in [5.74, 6) is 0.0475. The molecule has 2 aromatic carbocycles. The van der Waals surface area contributed by atoms with Crippen LogP contribution >= 0.6 is 23.2 Å². The average Bonchev–Trinajstić information content (AvgIpc) is 3.03. The molecule has 1 amide bonds. The highest BCUT2D eigenvalue weighted by molar-refractivity contribution is 6.32. The van der Waals surface area contributed by atoms with Gasteiger partial charge in [0.25, 0.3) is 5.91 Å². The van der Waals surface area contributed by atoms with Gasteiger partial charge in [0.2, 0.25) is 0 Å². The van der Waals surface area contributed by atoms with E-state index in [1.54, 1.807) is 61.3 Å². The molecule has 0 aliphatic carbocycles. The minimum Gasteiger partial charge on any atom is -0.484 e. The summed E-state index contributed by atoms with van der Waals surface area (Å²) in [6.07, 6.45) is 3.07. The van der Waals surface area contributed by atoms with E-state index in [0.29, 0.717) is 32.7 Å². The second kappa shape index (κ2) is 9.81. The van der Waals surface area contributed by atoms with Gasteiger partial charge < -0.3 is 9.64 Å².